The van der Waals surface area contributed by atoms with E-state index in [2.05, 4.69) is 4.72 Å². The molecule has 0 aliphatic heterocycles. The van der Waals surface area contributed by atoms with Gasteiger partial charge in [0.2, 0.25) is 0 Å². The summed E-state index contributed by atoms with van der Waals surface area (Å²) in [6.45, 7) is 3.32. The molecule has 0 unspecified atom stereocenters. The smallest absolute Gasteiger partial charge is 0.261 e. The molecule has 3 nitrogen and oxygen atoms in total. The van der Waals surface area contributed by atoms with Crippen LogP contribution in [0.25, 0.3) is 0 Å². The quantitative estimate of drug-likeness (QED) is 0.931. The predicted octanol–water partition coefficient (Wildman–Crippen LogP) is 3.89. The maximum absolute atomic E-state index is 13.9. The molecule has 21 heavy (non-hydrogen) atoms. The van der Waals surface area contributed by atoms with Gasteiger partial charge in [-0.1, -0.05) is 32.0 Å². The van der Waals surface area contributed by atoms with Crippen LogP contribution in [-0.2, 0) is 10.0 Å². The van der Waals surface area contributed by atoms with E-state index in [4.69, 9.17) is 0 Å². The van der Waals surface area contributed by atoms with Crippen LogP contribution in [0.5, 0.6) is 0 Å². The molecule has 6 heteroatoms. The largest absolute Gasteiger partial charge is 0.279 e. The minimum atomic E-state index is -3.86. The highest BCUT2D eigenvalue weighted by Gasteiger charge is 2.18. The lowest BCUT2D eigenvalue weighted by molar-refractivity contribution is 0.542. The molecule has 2 rings (SSSR count). The van der Waals surface area contributed by atoms with Crippen LogP contribution >= 0.6 is 0 Å². The van der Waals surface area contributed by atoms with Gasteiger partial charge in [-0.15, -0.1) is 0 Å². The van der Waals surface area contributed by atoms with Crippen LogP contribution in [0.1, 0.15) is 25.3 Å². The minimum absolute atomic E-state index is 0.0266. The summed E-state index contributed by atoms with van der Waals surface area (Å²) < 4.78 is 54.1. The number of anilines is 1. The zero-order valence-corrected chi connectivity index (χ0v) is 12.4. The van der Waals surface area contributed by atoms with Gasteiger partial charge < -0.3 is 0 Å². The van der Waals surface area contributed by atoms with Crippen LogP contribution in [-0.4, -0.2) is 8.42 Å². The van der Waals surface area contributed by atoms with E-state index in [9.17, 15) is 17.2 Å². The van der Waals surface area contributed by atoms with Crippen LogP contribution < -0.4 is 4.72 Å². The van der Waals surface area contributed by atoms with Crippen LogP contribution in [0, 0.1) is 11.6 Å². The highest BCUT2D eigenvalue weighted by Crippen LogP contribution is 2.26. The molecule has 0 saturated carbocycles. The molecule has 2 aromatic carbocycles. The van der Waals surface area contributed by atoms with Crippen molar-refractivity contribution in [3.63, 3.8) is 0 Å². The van der Waals surface area contributed by atoms with Crippen molar-refractivity contribution in [1.29, 1.82) is 0 Å². The first-order valence-corrected chi connectivity index (χ1v) is 7.86. The average molecular weight is 311 g/mol. The molecular weight excluding hydrogens is 296 g/mol. The first-order chi connectivity index (χ1) is 9.81. The Morgan fingerprint density at radius 2 is 1.52 bits per heavy atom. The molecule has 0 bridgehead atoms. The molecule has 0 atom stereocenters. The fourth-order valence-electron chi connectivity index (χ4n) is 2.01. The third-order valence-corrected chi connectivity index (χ3v) is 4.36. The summed E-state index contributed by atoms with van der Waals surface area (Å²) >= 11 is 0. The van der Waals surface area contributed by atoms with Gasteiger partial charge >= 0.3 is 0 Å². The average Bonchev–Trinajstić information content (AvgIpc) is 2.37. The van der Waals surface area contributed by atoms with Crippen LogP contribution in [0.2, 0.25) is 0 Å². The lowest BCUT2D eigenvalue weighted by Gasteiger charge is -2.12. The lowest BCUT2D eigenvalue weighted by Crippen LogP contribution is -2.13. The molecule has 0 saturated heterocycles. The van der Waals surface area contributed by atoms with E-state index in [0.29, 0.717) is 0 Å². The van der Waals surface area contributed by atoms with Crippen LogP contribution in [0.4, 0.5) is 14.5 Å². The first kappa shape index (κ1) is 15.4. The Kier molecular flexibility index (Phi) is 4.27. The molecule has 112 valence electrons. The number of rotatable bonds is 4. The summed E-state index contributed by atoms with van der Waals surface area (Å²) in [5.74, 6) is -1.86. The predicted molar refractivity (Wildman–Crippen MR) is 77.7 cm³/mol. The van der Waals surface area contributed by atoms with Crippen LogP contribution in [0.3, 0.4) is 0 Å². The molecule has 0 aromatic heterocycles. The van der Waals surface area contributed by atoms with E-state index in [1.165, 1.54) is 12.1 Å². The highest BCUT2D eigenvalue weighted by atomic mass is 32.2. The topological polar surface area (TPSA) is 46.2 Å². The monoisotopic (exact) mass is 311 g/mol. The summed E-state index contributed by atoms with van der Waals surface area (Å²) in [5, 5.41) is 0. The van der Waals surface area contributed by atoms with Crippen molar-refractivity contribution < 1.29 is 17.2 Å². The standard InChI is InChI=1S/C15H15F2NO2S/c1-10(2)15-13(16)8-11(9-14(15)17)18-21(19,20)12-6-4-3-5-7-12/h3-10,18H,1-2H3. The Morgan fingerprint density at radius 1 is 1.00 bits per heavy atom. The van der Waals surface area contributed by atoms with Crippen molar-refractivity contribution in [3.05, 3.63) is 59.7 Å². The Labute approximate surface area is 122 Å². The van der Waals surface area contributed by atoms with E-state index in [0.717, 1.165) is 12.1 Å². The Bertz CT molecular complexity index is 721. The fourth-order valence-corrected chi connectivity index (χ4v) is 3.07. The summed E-state index contributed by atoms with van der Waals surface area (Å²) in [7, 11) is -3.86. The van der Waals surface area contributed by atoms with Crippen molar-refractivity contribution in [2.24, 2.45) is 0 Å². The Balaban J connectivity index is 2.37. The van der Waals surface area contributed by atoms with Gasteiger partial charge in [0.1, 0.15) is 11.6 Å². The third kappa shape index (κ3) is 3.39. The SMILES string of the molecule is CC(C)c1c(F)cc(NS(=O)(=O)c2ccccc2)cc1F. The fraction of sp³-hybridized carbons (Fsp3) is 0.200. The molecule has 2 aromatic rings. The van der Waals surface area contributed by atoms with E-state index in [1.54, 1.807) is 32.0 Å². The molecular formula is C15H15F2NO2S. The van der Waals surface area contributed by atoms with E-state index in [1.807, 2.05) is 0 Å². The van der Waals surface area contributed by atoms with Crippen LogP contribution in [0.15, 0.2) is 47.4 Å². The maximum atomic E-state index is 13.9. The third-order valence-electron chi connectivity index (χ3n) is 2.96. The molecule has 0 aliphatic carbocycles. The summed E-state index contributed by atoms with van der Waals surface area (Å²) in [5.41, 5.74) is -0.198. The van der Waals surface area contributed by atoms with Gasteiger partial charge in [-0.2, -0.15) is 0 Å². The van der Waals surface area contributed by atoms with Gasteiger partial charge in [0.05, 0.1) is 10.6 Å². The van der Waals surface area contributed by atoms with Crippen molar-refractivity contribution in [2.75, 3.05) is 4.72 Å². The van der Waals surface area contributed by atoms with Crippen molar-refractivity contribution in [3.8, 4) is 0 Å². The molecule has 0 spiro atoms. The number of hydrogen-bond acceptors (Lipinski definition) is 2. The number of nitrogens with one attached hydrogen (secondary N) is 1. The second-order valence-corrected chi connectivity index (χ2v) is 6.61. The minimum Gasteiger partial charge on any atom is -0.279 e. The van der Waals surface area contributed by atoms with Gasteiger partial charge in [-0.05, 0) is 30.2 Å². The zero-order chi connectivity index (χ0) is 15.6. The van der Waals surface area contributed by atoms with Crippen molar-refractivity contribution in [2.45, 2.75) is 24.7 Å². The number of sulfonamides is 1. The number of benzene rings is 2. The highest BCUT2D eigenvalue weighted by molar-refractivity contribution is 7.92. The Hall–Kier alpha value is -1.95. The number of halogens is 2. The summed E-state index contributed by atoms with van der Waals surface area (Å²) in [6.07, 6.45) is 0. The summed E-state index contributed by atoms with van der Waals surface area (Å²) in [4.78, 5) is 0.0266. The summed E-state index contributed by atoms with van der Waals surface area (Å²) in [6, 6.07) is 9.58. The second kappa shape index (κ2) is 5.81. The number of hydrogen-bond donors (Lipinski definition) is 1. The van der Waals surface area contributed by atoms with E-state index < -0.39 is 21.7 Å². The van der Waals surface area contributed by atoms with E-state index in [-0.39, 0.29) is 22.1 Å². The lowest BCUT2D eigenvalue weighted by atomic mass is 10.0. The molecule has 0 heterocycles. The van der Waals surface area contributed by atoms with Crippen molar-refractivity contribution >= 4 is 15.7 Å². The molecule has 0 radical (unpaired) electrons. The molecule has 0 fully saturated rings. The second-order valence-electron chi connectivity index (χ2n) is 4.93. The van der Waals surface area contributed by atoms with Gasteiger partial charge in [0.25, 0.3) is 10.0 Å². The van der Waals surface area contributed by atoms with Gasteiger partial charge in [0.15, 0.2) is 0 Å². The molecule has 0 aliphatic rings. The zero-order valence-electron chi connectivity index (χ0n) is 11.6. The first-order valence-electron chi connectivity index (χ1n) is 6.38. The van der Waals surface area contributed by atoms with Gasteiger partial charge in [-0.25, -0.2) is 17.2 Å². The maximum Gasteiger partial charge on any atom is 0.261 e. The van der Waals surface area contributed by atoms with Gasteiger partial charge in [-0.3, -0.25) is 4.72 Å². The van der Waals surface area contributed by atoms with E-state index >= 15 is 0 Å². The Morgan fingerprint density at radius 3 is 2.00 bits per heavy atom. The normalized spacial score (nSPS) is 11.7. The molecule has 1 N–H and O–H groups in total. The van der Waals surface area contributed by atoms with Crippen molar-refractivity contribution in [1.82, 2.24) is 0 Å². The molecule has 0 amide bonds. The van der Waals surface area contributed by atoms with Gasteiger partial charge in [0, 0.05) is 5.56 Å².